The summed E-state index contributed by atoms with van der Waals surface area (Å²) >= 11 is 0. The second-order valence-corrected chi connectivity index (χ2v) is 10.3. The molecule has 0 saturated heterocycles. The molecule has 0 spiro atoms. The van der Waals surface area contributed by atoms with Crippen molar-refractivity contribution in [3.8, 4) is 0 Å². The van der Waals surface area contributed by atoms with Gasteiger partial charge in [-0.05, 0) is 12.0 Å². The SMILES string of the molecule is O=S(=O)(CCC(F)(F)F)/C(=C1/C=CC=CC1)S(=O)(=O)C(CC(F)(F)F)C(F)(F)F. The van der Waals surface area contributed by atoms with E-state index in [1.165, 1.54) is 6.08 Å². The number of sulfone groups is 2. The molecule has 1 aliphatic carbocycles. The summed E-state index contributed by atoms with van der Waals surface area (Å²) in [6.45, 7) is 0. The zero-order valence-corrected chi connectivity index (χ0v) is 15.7. The molecular formula is C14H13F9O4S2. The van der Waals surface area contributed by atoms with E-state index in [0.29, 0.717) is 6.08 Å². The van der Waals surface area contributed by atoms with Crippen molar-refractivity contribution in [2.24, 2.45) is 0 Å². The first kappa shape index (κ1) is 25.5. The van der Waals surface area contributed by atoms with Crippen molar-refractivity contribution in [2.75, 3.05) is 5.75 Å². The summed E-state index contributed by atoms with van der Waals surface area (Å²) in [5, 5.41) is -4.20. The maximum absolute atomic E-state index is 13.1. The molecule has 1 rings (SSSR count). The Labute approximate surface area is 159 Å². The Morgan fingerprint density at radius 2 is 1.45 bits per heavy atom. The number of alkyl halides is 9. The van der Waals surface area contributed by atoms with Crippen LogP contribution in [0.4, 0.5) is 39.5 Å². The molecule has 0 bridgehead atoms. The first-order valence-electron chi connectivity index (χ1n) is 7.50. The minimum atomic E-state index is -6.28. The van der Waals surface area contributed by atoms with Crippen LogP contribution >= 0.6 is 0 Å². The molecule has 0 saturated carbocycles. The average Bonchev–Trinajstić information content (AvgIpc) is 2.49. The highest BCUT2D eigenvalue weighted by atomic mass is 32.3. The van der Waals surface area contributed by atoms with E-state index in [2.05, 4.69) is 0 Å². The lowest BCUT2D eigenvalue weighted by Crippen LogP contribution is -2.42. The van der Waals surface area contributed by atoms with Crippen LogP contribution in [0.15, 0.2) is 34.1 Å². The minimum absolute atomic E-state index is 0.618. The van der Waals surface area contributed by atoms with E-state index in [1.54, 1.807) is 0 Å². The highest BCUT2D eigenvalue weighted by molar-refractivity contribution is 8.14. The number of rotatable bonds is 6. The second-order valence-electron chi connectivity index (χ2n) is 5.88. The van der Waals surface area contributed by atoms with Crippen molar-refractivity contribution in [3.05, 3.63) is 34.1 Å². The molecule has 4 nitrogen and oxygen atoms in total. The van der Waals surface area contributed by atoms with Crippen LogP contribution in [-0.4, -0.2) is 46.4 Å². The maximum atomic E-state index is 13.1. The first-order chi connectivity index (χ1) is 12.8. The summed E-state index contributed by atoms with van der Waals surface area (Å²) in [6.07, 6.45) is -18.5. The molecule has 0 aromatic rings. The summed E-state index contributed by atoms with van der Waals surface area (Å²) in [5.74, 6) is -1.94. The second kappa shape index (κ2) is 8.32. The Hall–Kier alpha value is -1.51. The third kappa shape index (κ3) is 7.35. The van der Waals surface area contributed by atoms with E-state index < -0.39 is 78.3 Å². The highest BCUT2D eigenvalue weighted by Gasteiger charge is 2.57. The summed E-state index contributed by atoms with van der Waals surface area (Å²) in [5.41, 5.74) is -0.855. The van der Waals surface area contributed by atoms with Gasteiger partial charge in [0.15, 0.2) is 19.3 Å². The Kier molecular flexibility index (Phi) is 7.32. The van der Waals surface area contributed by atoms with Gasteiger partial charge in [-0.15, -0.1) is 0 Å². The molecule has 0 N–H and O–H groups in total. The zero-order chi connectivity index (χ0) is 22.9. The van der Waals surface area contributed by atoms with Gasteiger partial charge in [-0.3, -0.25) is 0 Å². The summed E-state index contributed by atoms with van der Waals surface area (Å²) in [4.78, 5) is 0. The van der Waals surface area contributed by atoms with Crippen molar-refractivity contribution >= 4 is 19.7 Å². The van der Waals surface area contributed by atoms with Gasteiger partial charge < -0.3 is 0 Å². The highest BCUT2D eigenvalue weighted by Crippen LogP contribution is 2.41. The zero-order valence-electron chi connectivity index (χ0n) is 14.1. The monoisotopic (exact) mass is 480 g/mol. The predicted octanol–water partition coefficient (Wildman–Crippen LogP) is 4.38. The van der Waals surface area contributed by atoms with Gasteiger partial charge in [0.1, 0.15) is 0 Å². The Morgan fingerprint density at radius 3 is 1.83 bits per heavy atom. The number of hydrogen-bond acceptors (Lipinski definition) is 4. The lowest BCUT2D eigenvalue weighted by atomic mass is 10.1. The van der Waals surface area contributed by atoms with Gasteiger partial charge in [0.25, 0.3) is 0 Å². The molecule has 1 unspecified atom stereocenters. The molecule has 29 heavy (non-hydrogen) atoms. The molecule has 0 aromatic carbocycles. The van der Waals surface area contributed by atoms with E-state index in [1.807, 2.05) is 0 Å². The third-order valence-electron chi connectivity index (χ3n) is 3.50. The largest absolute Gasteiger partial charge is 0.406 e. The molecule has 0 aliphatic heterocycles. The molecule has 0 radical (unpaired) electrons. The molecule has 1 aliphatic rings. The van der Waals surface area contributed by atoms with E-state index >= 15 is 0 Å². The van der Waals surface area contributed by atoms with E-state index in [4.69, 9.17) is 0 Å². The minimum Gasteiger partial charge on any atom is -0.223 e. The molecule has 15 heteroatoms. The fraction of sp³-hybridized carbons (Fsp3) is 0.571. The van der Waals surface area contributed by atoms with Crippen molar-refractivity contribution in [3.63, 3.8) is 0 Å². The quantitative estimate of drug-likeness (QED) is 0.530. The van der Waals surface area contributed by atoms with Gasteiger partial charge in [-0.1, -0.05) is 24.3 Å². The molecule has 0 heterocycles. The first-order valence-corrected chi connectivity index (χ1v) is 10.7. The van der Waals surface area contributed by atoms with Crippen LogP contribution in [0.25, 0.3) is 0 Å². The van der Waals surface area contributed by atoms with Crippen molar-refractivity contribution < 1.29 is 56.3 Å². The van der Waals surface area contributed by atoms with Crippen molar-refractivity contribution in [1.82, 2.24) is 0 Å². The fourth-order valence-electron chi connectivity index (χ4n) is 2.31. The van der Waals surface area contributed by atoms with E-state index in [9.17, 15) is 56.3 Å². The molecular weight excluding hydrogens is 467 g/mol. The summed E-state index contributed by atoms with van der Waals surface area (Å²) in [7, 11) is -11.8. The van der Waals surface area contributed by atoms with Crippen molar-refractivity contribution in [2.45, 2.75) is 43.0 Å². The van der Waals surface area contributed by atoms with Crippen LogP contribution in [0.3, 0.4) is 0 Å². The van der Waals surface area contributed by atoms with Gasteiger partial charge >= 0.3 is 18.5 Å². The maximum Gasteiger partial charge on any atom is 0.406 e. The van der Waals surface area contributed by atoms with Crippen LogP contribution in [0.5, 0.6) is 0 Å². The summed E-state index contributed by atoms with van der Waals surface area (Å²) in [6, 6.07) is 0. The Bertz CT molecular complexity index is 902. The van der Waals surface area contributed by atoms with Crippen molar-refractivity contribution in [1.29, 1.82) is 0 Å². The van der Waals surface area contributed by atoms with E-state index in [0.717, 1.165) is 12.2 Å². The van der Waals surface area contributed by atoms with Gasteiger partial charge in [0.05, 0.1) is 18.6 Å². The van der Waals surface area contributed by atoms with Gasteiger partial charge in [0, 0.05) is 0 Å². The standard InChI is InChI=1S/C14H13F9O4S2/c15-12(16,17)6-7-28(24,25)11(9-4-2-1-3-5-9)29(26,27)10(14(21,22)23)8-13(18,19)20/h1-4,10H,5-8H2/b11-9+. The molecule has 168 valence electrons. The fourth-order valence-corrected chi connectivity index (χ4v) is 7.09. The number of hydrogen-bond donors (Lipinski definition) is 0. The molecule has 0 fully saturated rings. The lowest BCUT2D eigenvalue weighted by molar-refractivity contribution is -0.179. The van der Waals surface area contributed by atoms with E-state index in [-0.39, 0.29) is 0 Å². The van der Waals surface area contributed by atoms with Crippen LogP contribution < -0.4 is 0 Å². The van der Waals surface area contributed by atoms with Crippen LogP contribution in [0, 0.1) is 0 Å². The number of halogens is 9. The van der Waals surface area contributed by atoms with Gasteiger partial charge in [-0.25, -0.2) is 16.8 Å². The number of allylic oxidation sites excluding steroid dienone is 5. The third-order valence-corrected chi connectivity index (χ3v) is 8.49. The summed E-state index contributed by atoms with van der Waals surface area (Å²) < 4.78 is 162. The average molecular weight is 480 g/mol. The lowest BCUT2D eigenvalue weighted by Gasteiger charge is -2.24. The smallest absolute Gasteiger partial charge is 0.223 e. The predicted molar refractivity (Wildman–Crippen MR) is 83.8 cm³/mol. The molecule has 0 amide bonds. The van der Waals surface area contributed by atoms with Crippen LogP contribution in [0.1, 0.15) is 19.3 Å². The van der Waals surface area contributed by atoms with Crippen LogP contribution in [-0.2, 0) is 19.7 Å². The molecule has 0 aromatic heterocycles. The molecule has 1 atom stereocenters. The normalized spacial score (nSPS) is 19.3. The topological polar surface area (TPSA) is 68.3 Å². The van der Waals surface area contributed by atoms with Gasteiger partial charge in [0.2, 0.25) is 9.84 Å². The van der Waals surface area contributed by atoms with Gasteiger partial charge in [-0.2, -0.15) is 39.5 Å². The van der Waals surface area contributed by atoms with Crippen LogP contribution in [0.2, 0.25) is 0 Å². The Balaban J connectivity index is 3.69. The Morgan fingerprint density at radius 1 is 0.897 bits per heavy atom.